The zero-order chi connectivity index (χ0) is 15.4. The third kappa shape index (κ3) is 4.11. The predicted octanol–water partition coefficient (Wildman–Crippen LogP) is 1.74. The Morgan fingerprint density at radius 3 is 2.62 bits per heavy atom. The fourth-order valence-corrected chi connectivity index (χ4v) is 2.43. The monoisotopic (exact) mass is 310 g/mol. The number of amides is 2. The smallest absolute Gasteiger partial charge is 0.253 e. The number of rotatable bonds is 3. The number of aromatic hydroxyl groups is 1. The molecule has 1 saturated heterocycles. The summed E-state index contributed by atoms with van der Waals surface area (Å²) in [4.78, 5) is 25.6. The van der Waals surface area contributed by atoms with Gasteiger partial charge in [-0.05, 0) is 38.0 Å². The first-order valence-corrected chi connectivity index (χ1v) is 7.44. The fraction of sp³-hybridized carbons (Fsp3) is 0.467. The zero-order valence-corrected chi connectivity index (χ0v) is 12.6. The summed E-state index contributed by atoms with van der Waals surface area (Å²) in [7, 11) is 0. The van der Waals surface area contributed by atoms with E-state index in [2.05, 4.69) is 5.32 Å². The number of nitrogens with one attached hydrogen (secondary N) is 1. The third-order valence-electron chi connectivity index (χ3n) is 3.58. The van der Waals surface area contributed by atoms with Crippen LogP contribution in [-0.2, 0) is 4.79 Å². The van der Waals surface area contributed by atoms with Crippen LogP contribution in [0.25, 0.3) is 0 Å². The van der Waals surface area contributed by atoms with Crippen molar-refractivity contribution in [2.45, 2.75) is 31.2 Å². The molecule has 5 nitrogen and oxygen atoms in total. The number of hydrogen-bond acceptors (Lipinski definition) is 3. The van der Waals surface area contributed by atoms with Crippen LogP contribution in [-0.4, -0.2) is 46.3 Å². The van der Waals surface area contributed by atoms with Gasteiger partial charge in [0, 0.05) is 24.7 Å². The SMILES string of the molecule is CC(Cl)C(=O)NC1CCN(C(=O)c2cccc(O)c2)CC1. The van der Waals surface area contributed by atoms with Gasteiger partial charge in [-0.25, -0.2) is 0 Å². The number of benzene rings is 1. The summed E-state index contributed by atoms with van der Waals surface area (Å²) in [6, 6.07) is 6.40. The molecule has 0 radical (unpaired) electrons. The normalized spacial score (nSPS) is 17.3. The Hall–Kier alpha value is -1.75. The average Bonchev–Trinajstić information content (AvgIpc) is 2.47. The fourth-order valence-electron chi connectivity index (χ4n) is 2.36. The van der Waals surface area contributed by atoms with Crippen molar-refractivity contribution >= 4 is 23.4 Å². The minimum Gasteiger partial charge on any atom is -0.508 e. The predicted molar refractivity (Wildman–Crippen MR) is 80.5 cm³/mol. The lowest BCUT2D eigenvalue weighted by Crippen LogP contribution is -2.47. The Morgan fingerprint density at radius 2 is 2.05 bits per heavy atom. The maximum absolute atomic E-state index is 12.3. The lowest BCUT2D eigenvalue weighted by atomic mass is 10.0. The number of alkyl halides is 1. The van der Waals surface area contributed by atoms with E-state index < -0.39 is 5.38 Å². The molecular formula is C15H19ClN2O3. The van der Waals surface area contributed by atoms with E-state index in [1.807, 2.05) is 0 Å². The number of phenolic OH excluding ortho intramolecular Hbond substituents is 1. The molecular weight excluding hydrogens is 292 g/mol. The number of nitrogens with zero attached hydrogens (tertiary/aromatic N) is 1. The quantitative estimate of drug-likeness (QED) is 0.836. The van der Waals surface area contributed by atoms with Crippen LogP contribution in [0.2, 0.25) is 0 Å². The molecule has 0 aliphatic carbocycles. The molecule has 0 saturated carbocycles. The summed E-state index contributed by atoms with van der Waals surface area (Å²) in [6.07, 6.45) is 1.42. The van der Waals surface area contributed by atoms with E-state index in [0.717, 1.165) is 0 Å². The van der Waals surface area contributed by atoms with Crippen LogP contribution in [0.5, 0.6) is 5.75 Å². The van der Waals surface area contributed by atoms with Crippen molar-refractivity contribution in [3.63, 3.8) is 0 Å². The molecule has 114 valence electrons. The molecule has 0 aromatic heterocycles. The van der Waals surface area contributed by atoms with Crippen LogP contribution in [0.1, 0.15) is 30.1 Å². The number of phenols is 1. The zero-order valence-electron chi connectivity index (χ0n) is 11.9. The molecule has 1 aromatic rings. The molecule has 1 heterocycles. The Labute approximate surface area is 128 Å². The number of carbonyl (C=O) groups is 2. The summed E-state index contributed by atoms with van der Waals surface area (Å²) >= 11 is 5.72. The van der Waals surface area contributed by atoms with Crippen molar-refractivity contribution in [1.82, 2.24) is 10.2 Å². The van der Waals surface area contributed by atoms with Crippen molar-refractivity contribution < 1.29 is 14.7 Å². The summed E-state index contributed by atoms with van der Waals surface area (Å²) in [5, 5.41) is 11.8. The molecule has 2 amide bonds. The largest absolute Gasteiger partial charge is 0.508 e. The van der Waals surface area contributed by atoms with Crippen LogP contribution in [0.15, 0.2) is 24.3 Å². The summed E-state index contributed by atoms with van der Waals surface area (Å²) in [5.74, 6) is -0.185. The summed E-state index contributed by atoms with van der Waals surface area (Å²) in [5.41, 5.74) is 0.479. The molecule has 1 aromatic carbocycles. The second kappa shape index (κ2) is 6.80. The van der Waals surface area contributed by atoms with E-state index in [9.17, 15) is 14.7 Å². The van der Waals surface area contributed by atoms with Crippen LogP contribution in [0, 0.1) is 0 Å². The number of carbonyl (C=O) groups excluding carboxylic acids is 2. The van der Waals surface area contributed by atoms with Crippen molar-refractivity contribution in [3.05, 3.63) is 29.8 Å². The molecule has 1 unspecified atom stereocenters. The van der Waals surface area contributed by atoms with E-state index in [-0.39, 0.29) is 23.6 Å². The number of hydrogen-bond donors (Lipinski definition) is 2. The third-order valence-corrected chi connectivity index (χ3v) is 3.78. The molecule has 6 heteroatoms. The Balaban J connectivity index is 1.89. The highest BCUT2D eigenvalue weighted by Crippen LogP contribution is 2.17. The first-order valence-electron chi connectivity index (χ1n) is 7.00. The lowest BCUT2D eigenvalue weighted by Gasteiger charge is -2.32. The molecule has 2 N–H and O–H groups in total. The summed E-state index contributed by atoms with van der Waals surface area (Å²) in [6.45, 7) is 2.80. The van der Waals surface area contributed by atoms with Crippen molar-refractivity contribution in [3.8, 4) is 5.75 Å². The lowest BCUT2D eigenvalue weighted by molar-refractivity contribution is -0.121. The highest BCUT2D eigenvalue weighted by atomic mass is 35.5. The van der Waals surface area contributed by atoms with Gasteiger partial charge in [-0.2, -0.15) is 0 Å². The van der Waals surface area contributed by atoms with Gasteiger partial charge < -0.3 is 15.3 Å². The van der Waals surface area contributed by atoms with Gasteiger partial charge in [-0.1, -0.05) is 6.07 Å². The minimum atomic E-state index is -0.544. The maximum Gasteiger partial charge on any atom is 0.253 e. The molecule has 1 fully saturated rings. The van der Waals surface area contributed by atoms with Crippen molar-refractivity contribution in [2.24, 2.45) is 0 Å². The topological polar surface area (TPSA) is 69.6 Å². The van der Waals surface area contributed by atoms with E-state index in [4.69, 9.17) is 11.6 Å². The van der Waals surface area contributed by atoms with Crippen LogP contribution in [0.4, 0.5) is 0 Å². The van der Waals surface area contributed by atoms with Crippen LogP contribution in [0.3, 0.4) is 0 Å². The minimum absolute atomic E-state index is 0.0620. The number of piperidine rings is 1. The Kier molecular flexibility index (Phi) is 5.07. The Bertz CT molecular complexity index is 525. The first-order chi connectivity index (χ1) is 9.97. The van der Waals surface area contributed by atoms with E-state index in [1.165, 1.54) is 12.1 Å². The molecule has 1 aliphatic rings. The second-order valence-electron chi connectivity index (χ2n) is 5.24. The van der Waals surface area contributed by atoms with Gasteiger partial charge in [0.15, 0.2) is 0 Å². The second-order valence-corrected chi connectivity index (χ2v) is 5.90. The highest BCUT2D eigenvalue weighted by molar-refractivity contribution is 6.30. The average molecular weight is 311 g/mol. The molecule has 0 bridgehead atoms. The van der Waals surface area contributed by atoms with E-state index in [1.54, 1.807) is 24.0 Å². The van der Waals surface area contributed by atoms with Gasteiger partial charge >= 0.3 is 0 Å². The molecule has 21 heavy (non-hydrogen) atoms. The Morgan fingerprint density at radius 1 is 1.38 bits per heavy atom. The van der Waals surface area contributed by atoms with Crippen molar-refractivity contribution in [1.29, 1.82) is 0 Å². The van der Waals surface area contributed by atoms with Crippen LogP contribution >= 0.6 is 11.6 Å². The van der Waals surface area contributed by atoms with Crippen LogP contribution < -0.4 is 5.32 Å². The van der Waals surface area contributed by atoms with Gasteiger partial charge in [-0.3, -0.25) is 9.59 Å². The van der Waals surface area contributed by atoms with Crippen molar-refractivity contribution in [2.75, 3.05) is 13.1 Å². The van der Waals surface area contributed by atoms with E-state index >= 15 is 0 Å². The standard InChI is InChI=1S/C15H19ClN2O3/c1-10(16)14(20)17-12-5-7-18(8-6-12)15(21)11-3-2-4-13(19)9-11/h2-4,9-10,12,19H,5-8H2,1H3,(H,17,20). The van der Waals surface area contributed by atoms with Gasteiger partial charge in [-0.15, -0.1) is 11.6 Å². The van der Waals surface area contributed by atoms with Gasteiger partial charge in [0.25, 0.3) is 5.91 Å². The number of halogens is 1. The number of likely N-dealkylation sites (tertiary alicyclic amines) is 1. The molecule has 0 spiro atoms. The van der Waals surface area contributed by atoms with Gasteiger partial charge in [0.2, 0.25) is 5.91 Å². The summed E-state index contributed by atoms with van der Waals surface area (Å²) < 4.78 is 0. The van der Waals surface area contributed by atoms with E-state index in [0.29, 0.717) is 31.5 Å². The molecule has 1 atom stereocenters. The van der Waals surface area contributed by atoms with Gasteiger partial charge in [0.05, 0.1) is 0 Å². The molecule has 2 rings (SSSR count). The molecule has 1 aliphatic heterocycles. The highest BCUT2D eigenvalue weighted by Gasteiger charge is 2.25. The first kappa shape index (κ1) is 15.6. The van der Waals surface area contributed by atoms with Gasteiger partial charge in [0.1, 0.15) is 11.1 Å². The maximum atomic E-state index is 12.3.